The molecular weight excluding hydrogens is 368 g/mol. The molecule has 4 rings (SSSR count). The van der Waals surface area contributed by atoms with Gasteiger partial charge in [-0.05, 0) is 35.4 Å². The fraction of sp³-hybridized carbons (Fsp3) is 0.0833. The molecule has 0 unspecified atom stereocenters. The van der Waals surface area contributed by atoms with Crippen LogP contribution in [0.2, 0.25) is 0 Å². The van der Waals surface area contributed by atoms with Crippen molar-refractivity contribution in [2.24, 2.45) is 0 Å². The van der Waals surface area contributed by atoms with E-state index >= 15 is 0 Å². The van der Waals surface area contributed by atoms with Gasteiger partial charge in [-0.3, -0.25) is 4.79 Å². The number of hydrogen-bond donors (Lipinski definition) is 0. The van der Waals surface area contributed by atoms with E-state index in [1.165, 1.54) is 6.92 Å². The van der Waals surface area contributed by atoms with E-state index in [1.54, 1.807) is 25.3 Å². The van der Waals surface area contributed by atoms with Crippen molar-refractivity contribution in [1.29, 1.82) is 0 Å². The van der Waals surface area contributed by atoms with E-state index < -0.39 is 11.6 Å². The summed E-state index contributed by atoms with van der Waals surface area (Å²) in [5.74, 6) is 0.601. The lowest BCUT2D eigenvalue weighted by molar-refractivity contribution is -0.131. The molecule has 0 bridgehead atoms. The Labute approximate surface area is 167 Å². The Morgan fingerprint density at radius 3 is 2.14 bits per heavy atom. The second-order valence-corrected chi connectivity index (χ2v) is 6.49. The number of hydrogen-bond acceptors (Lipinski definition) is 5. The summed E-state index contributed by atoms with van der Waals surface area (Å²) in [4.78, 5) is 24.3. The highest BCUT2D eigenvalue weighted by Gasteiger charge is 2.18. The highest BCUT2D eigenvalue weighted by Crippen LogP contribution is 2.37. The first-order chi connectivity index (χ1) is 14.1. The van der Waals surface area contributed by atoms with Crippen molar-refractivity contribution in [1.82, 2.24) is 0 Å². The zero-order valence-corrected chi connectivity index (χ0v) is 16.0. The molecule has 0 saturated heterocycles. The van der Waals surface area contributed by atoms with Crippen LogP contribution in [-0.2, 0) is 4.79 Å². The SMILES string of the molecule is COc1ccc(-c2c(-c3ccccc3)c(=O)oc3cc(OC(C)=O)ccc23)cc1. The molecule has 3 aromatic carbocycles. The molecule has 0 aliphatic rings. The summed E-state index contributed by atoms with van der Waals surface area (Å²) < 4.78 is 16.0. The second-order valence-electron chi connectivity index (χ2n) is 6.49. The van der Waals surface area contributed by atoms with Gasteiger partial charge >= 0.3 is 11.6 Å². The number of carbonyl (C=O) groups excluding carboxylic acids is 1. The maximum atomic E-state index is 13.0. The molecule has 1 heterocycles. The summed E-state index contributed by atoms with van der Waals surface area (Å²) in [6.45, 7) is 1.32. The average molecular weight is 386 g/mol. The Morgan fingerprint density at radius 2 is 1.48 bits per heavy atom. The van der Waals surface area contributed by atoms with Crippen LogP contribution in [0.5, 0.6) is 11.5 Å². The van der Waals surface area contributed by atoms with Gasteiger partial charge in [0.25, 0.3) is 0 Å². The number of carbonyl (C=O) groups is 1. The van der Waals surface area contributed by atoms with E-state index in [0.717, 1.165) is 27.8 Å². The van der Waals surface area contributed by atoms with Crippen molar-refractivity contribution in [2.45, 2.75) is 6.92 Å². The summed E-state index contributed by atoms with van der Waals surface area (Å²) in [5, 5.41) is 0.740. The van der Waals surface area contributed by atoms with Gasteiger partial charge in [0.1, 0.15) is 17.1 Å². The standard InChI is InChI=1S/C24H18O5/c1-15(25)28-19-12-13-20-21(14-19)29-24(26)23(16-6-4-3-5-7-16)22(20)17-8-10-18(27-2)11-9-17/h3-14H,1-2H3. The molecule has 29 heavy (non-hydrogen) atoms. The smallest absolute Gasteiger partial charge is 0.344 e. The lowest BCUT2D eigenvalue weighted by atomic mass is 9.93. The predicted molar refractivity (Wildman–Crippen MR) is 111 cm³/mol. The molecule has 0 radical (unpaired) electrons. The third-order valence-corrected chi connectivity index (χ3v) is 4.58. The van der Waals surface area contributed by atoms with E-state index in [1.807, 2.05) is 54.6 Å². The van der Waals surface area contributed by atoms with Crippen LogP contribution in [0.25, 0.3) is 33.2 Å². The number of fused-ring (bicyclic) bond motifs is 1. The van der Waals surface area contributed by atoms with Crippen LogP contribution in [-0.4, -0.2) is 13.1 Å². The molecule has 5 nitrogen and oxygen atoms in total. The number of benzene rings is 3. The van der Waals surface area contributed by atoms with Crippen molar-refractivity contribution < 1.29 is 18.7 Å². The number of ether oxygens (including phenoxy) is 2. The molecule has 0 aliphatic carbocycles. The minimum atomic E-state index is -0.463. The molecule has 144 valence electrons. The van der Waals surface area contributed by atoms with Crippen molar-refractivity contribution in [3.63, 3.8) is 0 Å². The van der Waals surface area contributed by atoms with Crippen molar-refractivity contribution in [3.8, 4) is 33.8 Å². The van der Waals surface area contributed by atoms with E-state index in [-0.39, 0.29) is 0 Å². The molecule has 0 N–H and O–H groups in total. The molecule has 0 atom stereocenters. The lowest BCUT2D eigenvalue weighted by Gasteiger charge is -2.13. The van der Waals surface area contributed by atoms with Crippen LogP contribution in [0.1, 0.15) is 6.92 Å². The Balaban J connectivity index is 2.04. The van der Waals surface area contributed by atoms with Crippen LogP contribution in [0.15, 0.2) is 82.0 Å². The molecule has 4 aromatic rings. The van der Waals surface area contributed by atoms with E-state index in [2.05, 4.69) is 0 Å². The summed E-state index contributed by atoms with van der Waals surface area (Å²) >= 11 is 0. The highest BCUT2D eigenvalue weighted by molar-refractivity contribution is 6.01. The number of esters is 1. The summed E-state index contributed by atoms with van der Waals surface area (Å²) in [5.41, 5.74) is 2.72. The molecule has 0 spiro atoms. The molecule has 1 aromatic heterocycles. The first kappa shape index (κ1) is 18.5. The first-order valence-electron chi connectivity index (χ1n) is 9.06. The fourth-order valence-corrected chi connectivity index (χ4v) is 3.34. The first-order valence-corrected chi connectivity index (χ1v) is 9.06. The topological polar surface area (TPSA) is 65.7 Å². The predicted octanol–water partition coefficient (Wildman–Crippen LogP) is 5.06. The number of rotatable bonds is 4. The van der Waals surface area contributed by atoms with Crippen molar-refractivity contribution in [3.05, 3.63) is 83.2 Å². The van der Waals surface area contributed by atoms with Crippen LogP contribution < -0.4 is 15.1 Å². The maximum Gasteiger partial charge on any atom is 0.344 e. The minimum Gasteiger partial charge on any atom is -0.497 e. The van der Waals surface area contributed by atoms with Gasteiger partial charge in [0.2, 0.25) is 0 Å². The number of methoxy groups -OCH3 is 1. The Kier molecular flexibility index (Phi) is 4.87. The van der Waals surface area contributed by atoms with Gasteiger partial charge in [-0.2, -0.15) is 0 Å². The largest absolute Gasteiger partial charge is 0.497 e. The van der Waals surface area contributed by atoms with Gasteiger partial charge in [-0.1, -0.05) is 42.5 Å². The van der Waals surface area contributed by atoms with Gasteiger partial charge < -0.3 is 13.9 Å². The Morgan fingerprint density at radius 1 is 0.828 bits per heavy atom. The molecule has 0 saturated carbocycles. The molecule has 0 amide bonds. The van der Waals surface area contributed by atoms with Gasteiger partial charge in [0.15, 0.2) is 0 Å². The van der Waals surface area contributed by atoms with E-state index in [0.29, 0.717) is 16.9 Å². The molecule has 0 aliphatic heterocycles. The van der Waals surface area contributed by atoms with Gasteiger partial charge in [-0.15, -0.1) is 0 Å². The van der Waals surface area contributed by atoms with Crippen LogP contribution in [0, 0.1) is 0 Å². The average Bonchev–Trinajstić information content (AvgIpc) is 2.73. The van der Waals surface area contributed by atoms with Crippen LogP contribution >= 0.6 is 0 Å². The minimum absolute atomic E-state index is 0.321. The van der Waals surface area contributed by atoms with E-state index in [9.17, 15) is 9.59 Å². The van der Waals surface area contributed by atoms with Gasteiger partial charge in [-0.25, -0.2) is 4.79 Å². The summed E-state index contributed by atoms with van der Waals surface area (Å²) in [6.07, 6.45) is 0. The third kappa shape index (κ3) is 3.62. The van der Waals surface area contributed by atoms with Crippen LogP contribution in [0.4, 0.5) is 0 Å². The Hall–Kier alpha value is -3.86. The highest BCUT2D eigenvalue weighted by atomic mass is 16.5. The maximum absolute atomic E-state index is 13.0. The van der Waals surface area contributed by atoms with Crippen molar-refractivity contribution >= 4 is 16.9 Å². The van der Waals surface area contributed by atoms with Gasteiger partial charge in [0.05, 0.1) is 12.7 Å². The van der Waals surface area contributed by atoms with E-state index in [4.69, 9.17) is 13.9 Å². The summed E-state index contributed by atoms with van der Waals surface area (Å²) in [7, 11) is 1.60. The molecular formula is C24H18O5. The van der Waals surface area contributed by atoms with Crippen LogP contribution in [0.3, 0.4) is 0 Å². The normalized spacial score (nSPS) is 10.7. The molecule has 5 heteroatoms. The fourth-order valence-electron chi connectivity index (χ4n) is 3.34. The third-order valence-electron chi connectivity index (χ3n) is 4.58. The van der Waals surface area contributed by atoms with Gasteiger partial charge in [0, 0.05) is 23.9 Å². The lowest BCUT2D eigenvalue weighted by Crippen LogP contribution is -2.07. The monoisotopic (exact) mass is 386 g/mol. The Bertz CT molecular complexity index is 1240. The summed E-state index contributed by atoms with van der Waals surface area (Å²) in [6, 6.07) is 21.9. The zero-order chi connectivity index (χ0) is 20.4. The second kappa shape index (κ2) is 7.64. The van der Waals surface area contributed by atoms with Crippen molar-refractivity contribution in [2.75, 3.05) is 7.11 Å². The zero-order valence-electron chi connectivity index (χ0n) is 16.0. The molecule has 0 fully saturated rings. The quantitative estimate of drug-likeness (QED) is 0.279.